The van der Waals surface area contributed by atoms with E-state index in [0.29, 0.717) is 25.1 Å². The zero-order valence-corrected chi connectivity index (χ0v) is 10.8. The summed E-state index contributed by atoms with van der Waals surface area (Å²) in [6.07, 6.45) is 1.73. The van der Waals surface area contributed by atoms with Crippen LogP contribution in [-0.4, -0.2) is 30.1 Å². The van der Waals surface area contributed by atoms with Gasteiger partial charge < -0.3 is 10.8 Å². The monoisotopic (exact) mass is 262 g/mol. The van der Waals surface area contributed by atoms with Crippen LogP contribution >= 0.6 is 0 Å². The molecule has 3 N–H and O–H groups in total. The number of aliphatic hydroxyl groups excluding tert-OH is 1. The van der Waals surface area contributed by atoms with Gasteiger partial charge in [-0.15, -0.1) is 0 Å². The summed E-state index contributed by atoms with van der Waals surface area (Å²) in [5.74, 6) is -0.544. The molecule has 0 aliphatic carbocycles. The second kappa shape index (κ2) is 5.95. The Morgan fingerprint density at radius 2 is 2.16 bits per heavy atom. The Morgan fingerprint density at radius 3 is 2.84 bits per heavy atom. The van der Waals surface area contributed by atoms with E-state index in [2.05, 4.69) is 0 Å². The molecule has 0 fully saturated rings. The first kappa shape index (κ1) is 13.7. The van der Waals surface area contributed by atoms with Gasteiger partial charge in [-0.3, -0.25) is 14.5 Å². The van der Waals surface area contributed by atoms with Crippen LogP contribution in [0.4, 0.5) is 5.69 Å². The topological polar surface area (TPSA) is 83.6 Å². The van der Waals surface area contributed by atoms with Gasteiger partial charge in [0.25, 0.3) is 0 Å². The van der Waals surface area contributed by atoms with Crippen molar-refractivity contribution in [2.45, 2.75) is 25.7 Å². The highest BCUT2D eigenvalue weighted by atomic mass is 16.3. The van der Waals surface area contributed by atoms with Crippen LogP contribution in [0.25, 0.3) is 0 Å². The summed E-state index contributed by atoms with van der Waals surface area (Å²) < 4.78 is 0. The number of anilines is 1. The number of fused-ring (bicyclic) bond motifs is 1. The third-order valence-electron chi connectivity index (χ3n) is 3.25. The quantitative estimate of drug-likeness (QED) is 0.821. The van der Waals surface area contributed by atoms with Crippen molar-refractivity contribution >= 4 is 17.5 Å². The number of hydrogen-bond acceptors (Lipinski definition) is 4. The minimum Gasteiger partial charge on any atom is -0.396 e. The van der Waals surface area contributed by atoms with Crippen LogP contribution in [0.1, 0.15) is 24.0 Å². The van der Waals surface area contributed by atoms with E-state index in [1.165, 1.54) is 4.90 Å². The molecule has 1 aromatic carbocycles. The van der Waals surface area contributed by atoms with Crippen molar-refractivity contribution < 1.29 is 14.7 Å². The van der Waals surface area contributed by atoms with E-state index < -0.39 is 0 Å². The van der Waals surface area contributed by atoms with Gasteiger partial charge in [-0.2, -0.15) is 0 Å². The Kier molecular flexibility index (Phi) is 4.29. The number of aliphatic hydroxyl groups is 1. The van der Waals surface area contributed by atoms with Gasteiger partial charge in [0.15, 0.2) is 0 Å². The standard InChI is InChI=1S/C14H18N2O3/c15-7-5-10-1-3-12-11(9-10)2-4-13(18)16(12)14(19)6-8-17/h1,3,9,17H,2,4-8,15H2. The molecule has 2 rings (SSSR count). The Balaban J connectivity index is 2.33. The lowest BCUT2D eigenvalue weighted by molar-refractivity contribution is -0.127. The van der Waals surface area contributed by atoms with Crippen LogP contribution in [0.2, 0.25) is 0 Å². The molecular weight excluding hydrogens is 244 g/mol. The SMILES string of the molecule is NCCc1ccc2c(c1)CCC(=O)N2C(=O)CCO. The zero-order chi connectivity index (χ0) is 13.8. The van der Waals surface area contributed by atoms with E-state index >= 15 is 0 Å². The Hall–Kier alpha value is -1.72. The average molecular weight is 262 g/mol. The fraction of sp³-hybridized carbons (Fsp3) is 0.429. The van der Waals surface area contributed by atoms with Crippen LogP contribution < -0.4 is 10.6 Å². The third kappa shape index (κ3) is 2.83. The van der Waals surface area contributed by atoms with Crippen molar-refractivity contribution in [2.75, 3.05) is 18.1 Å². The van der Waals surface area contributed by atoms with E-state index in [1.54, 1.807) is 6.07 Å². The molecule has 1 aliphatic heterocycles. The molecule has 0 radical (unpaired) electrons. The summed E-state index contributed by atoms with van der Waals surface area (Å²) >= 11 is 0. The second-order valence-electron chi connectivity index (χ2n) is 4.60. The van der Waals surface area contributed by atoms with Crippen molar-refractivity contribution in [3.8, 4) is 0 Å². The lowest BCUT2D eigenvalue weighted by Gasteiger charge is -2.28. The average Bonchev–Trinajstić information content (AvgIpc) is 2.39. The normalized spacial score (nSPS) is 14.4. The van der Waals surface area contributed by atoms with Crippen LogP contribution in [-0.2, 0) is 22.4 Å². The maximum absolute atomic E-state index is 11.9. The van der Waals surface area contributed by atoms with Gasteiger partial charge in [0.2, 0.25) is 11.8 Å². The van der Waals surface area contributed by atoms with Gasteiger partial charge in [0.05, 0.1) is 18.7 Å². The summed E-state index contributed by atoms with van der Waals surface area (Å²) in [4.78, 5) is 25.0. The van der Waals surface area contributed by atoms with Crippen molar-refractivity contribution in [1.29, 1.82) is 0 Å². The smallest absolute Gasteiger partial charge is 0.236 e. The van der Waals surface area contributed by atoms with Crippen molar-refractivity contribution in [2.24, 2.45) is 5.73 Å². The minimum absolute atomic E-state index is 0.0320. The van der Waals surface area contributed by atoms with Crippen LogP contribution in [0.5, 0.6) is 0 Å². The van der Waals surface area contributed by atoms with Gasteiger partial charge >= 0.3 is 0 Å². The van der Waals surface area contributed by atoms with Gasteiger partial charge in [0.1, 0.15) is 0 Å². The predicted molar refractivity (Wildman–Crippen MR) is 71.7 cm³/mol. The van der Waals surface area contributed by atoms with Crippen molar-refractivity contribution in [1.82, 2.24) is 0 Å². The fourth-order valence-electron chi connectivity index (χ4n) is 2.35. The molecule has 0 aromatic heterocycles. The number of aryl methyl sites for hydroxylation is 1. The molecule has 0 atom stereocenters. The van der Waals surface area contributed by atoms with Crippen molar-refractivity contribution in [3.05, 3.63) is 29.3 Å². The molecule has 5 heteroatoms. The molecule has 0 unspecified atom stereocenters. The summed E-state index contributed by atoms with van der Waals surface area (Å²) in [5.41, 5.74) is 8.29. The van der Waals surface area contributed by atoms with E-state index in [1.807, 2.05) is 12.1 Å². The number of carbonyl (C=O) groups is 2. The number of nitrogens with zero attached hydrogens (tertiary/aromatic N) is 1. The highest BCUT2D eigenvalue weighted by Crippen LogP contribution is 2.29. The van der Waals surface area contributed by atoms with Crippen molar-refractivity contribution in [3.63, 3.8) is 0 Å². The number of carbonyl (C=O) groups excluding carboxylic acids is 2. The first-order valence-corrected chi connectivity index (χ1v) is 6.46. The molecule has 0 spiro atoms. The van der Waals surface area contributed by atoms with Gasteiger partial charge in [0, 0.05) is 6.42 Å². The number of benzene rings is 1. The molecule has 0 saturated heterocycles. The lowest BCUT2D eigenvalue weighted by atomic mass is 9.97. The third-order valence-corrected chi connectivity index (χ3v) is 3.25. The molecule has 5 nitrogen and oxygen atoms in total. The number of imide groups is 1. The Bertz CT molecular complexity index is 499. The second-order valence-corrected chi connectivity index (χ2v) is 4.60. The van der Waals surface area contributed by atoms with Crippen LogP contribution in [0, 0.1) is 0 Å². The first-order chi connectivity index (χ1) is 9.17. The summed E-state index contributed by atoms with van der Waals surface area (Å²) in [6.45, 7) is 0.327. The summed E-state index contributed by atoms with van der Waals surface area (Å²) in [5, 5.41) is 8.84. The molecule has 2 amide bonds. The fourth-order valence-corrected chi connectivity index (χ4v) is 2.35. The number of hydrogen-bond donors (Lipinski definition) is 2. The highest BCUT2D eigenvalue weighted by Gasteiger charge is 2.28. The minimum atomic E-state index is -0.347. The molecule has 1 heterocycles. The molecule has 0 bridgehead atoms. The van der Waals surface area contributed by atoms with Crippen LogP contribution in [0.3, 0.4) is 0 Å². The van der Waals surface area contributed by atoms with Crippen LogP contribution in [0.15, 0.2) is 18.2 Å². The predicted octanol–water partition coefficient (Wildman–Crippen LogP) is 0.376. The molecule has 1 aliphatic rings. The maximum Gasteiger partial charge on any atom is 0.236 e. The Morgan fingerprint density at radius 1 is 1.37 bits per heavy atom. The Labute approximate surface area is 112 Å². The lowest BCUT2D eigenvalue weighted by Crippen LogP contribution is -2.40. The van der Waals surface area contributed by atoms with E-state index in [4.69, 9.17) is 10.8 Å². The molecule has 19 heavy (non-hydrogen) atoms. The summed E-state index contributed by atoms with van der Waals surface area (Å²) in [6, 6.07) is 5.70. The largest absolute Gasteiger partial charge is 0.396 e. The number of nitrogens with two attached hydrogens (primary N) is 1. The van der Waals surface area contributed by atoms with E-state index in [-0.39, 0.29) is 24.8 Å². The number of rotatable bonds is 4. The number of amides is 2. The molecule has 1 aromatic rings. The molecule has 0 saturated carbocycles. The van der Waals surface area contributed by atoms with Gasteiger partial charge in [-0.1, -0.05) is 12.1 Å². The zero-order valence-electron chi connectivity index (χ0n) is 10.8. The first-order valence-electron chi connectivity index (χ1n) is 6.46. The van der Waals surface area contributed by atoms with E-state index in [0.717, 1.165) is 17.5 Å². The van der Waals surface area contributed by atoms with Gasteiger partial charge in [-0.05, 0) is 36.6 Å². The van der Waals surface area contributed by atoms with Gasteiger partial charge in [-0.25, -0.2) is 0 Å². The molecular formula is C14H18N2O3. The highest BCUT2D eigenvalue weighted by molar-refractivity contribution is 6.16. The van der Waals surface area contributed by atoms with E-state index in [9.17, 15) is 9.59 Å². The summed E-state index contributed by atoms with van der Waals surface area (Å²) in [7, 11) is 0. The maximum atomic E-state index is 11.9. The molecule has 102 valence electrons.